The maximum Gasteiger partial charge on any atom is 0.252 e. The molecule has 0 saturated heterocycles. The van der Waals surface area contributed by atoms with Crippen LogP contribution in [0.1, 0.15) is 40.2 Å². The molecule has 0 unspecified atom stereocenters. The summed E-state index contributed by atoms with van der Waals surface area (Å²) in [4.78, 5) is 12.7. The van der Waals surface area contributed by atoms with E-state index in [0.29, 0.717) is 6.54 Å². The highest BCUT2D eigenvalue weighted by Crippen LogP contribution is 2.31. The third kappa shape index (κ3) is 4.18. The number of nitrogens with zero attached hydrogens (tertiary/aromatic N) is 1. The summed E-state index contributed by atoms with van der Waals surface area (Å²) in [5.74, 6) is -0.106. The predicted molar refractivity (Wildman–Crippen MR) is 107 cm³/mol. The van der Waals surface area contributed by atoms with Crippen molar-refractivity contribution in [2.24, 2.45) is 0 Å². The first kappa shape index (κ1) is 19.9. The van der Waals surface area contributed by atoms with Crippen molar-refractivity contribution in [1.29, 1.82) is 0 Å². The minimum absolute atomic E-state index is 0.0464. The van der Waals surface area contributed by atoms with Crippen molar-refractivity contribution in [3.63, 3.8) is 0 Å². The number of nitrogens with one attached hydrogen (secondary N) is 1. The second kappa shape index (κ2) is 8.00. The van der Waals surface area contributed by atoms with Crippen molar-refractivity contribution >= 4 is 27.5 Å². The first-order valence-corrected chi connectivity index (χ1v) is 10.7. The third-order valence-corrected chi connectivity index (χ3v) is 7.10. The third-order valence-electron chi connectivity index (χ3n) is 4.96. The normalized spacial score (nSPS) is 16.8. The molecule has 0 spiro atoms. The highest BCUT2D eigenvalue weighted by atomic mass is 35.5. The molecule has 0 radical (unpaired) electrons. The van der Waals surface area contributed by atoms with E-state index in [1.807, 2.05) is 12.1 Å². The lowest BCUT2D eigenvalue weighted by Gasteiger charge is -2.25. The van der Waals surface area contributed by atoms with Gasteiger partial charge in [-0.1, -0.05) is 35.9 Å². The summed E-state index contributed by atoms with van der Waals surface area (Å²) < 4.78 is 25.7. The standard InChI is InChI=1S/C20H23ClN2O3S/c1-23(2)27(25,26)16-10-11-19(21)18(12-16)20(24)22-13-15-8-5-7-14-6-3-4-9-17(14)15/h3-4,6,9-12,15H,5,7-8,13H2,1-2H3,(H,22,24)/t15-/m0/s1. The summed E-state index contributed by atoms with van der Waals surface area (Å²) in [6.45, 7) is 0.497. The van der Waals surface area contributed by atoms with Gasteiger partial charge in [0.15, 0.2) is 0 Å². The van der Waals surface area contributed by atoms with Crippen LogP contribution in [0, 0.1) is 0 Å². The quantitative estimate of drug-likeness (QED) is 0.827. The van der Waals surface area contributed by atoms with Crippen LogP contribution in [0.15, 0.2) is 47.4 Å². The first-order valence-electron chi connectivity index (χ1n) is 8.89. The molecule has 0 heterocycles. The minimum Gasteiger partial charge on any atom is -0.351 e. The van der Waals surface area contributed by atoms with Crippen LogP contribution in [0.2, 0.25) is 5.02 Å². The van der Waals surface area contributed by atoms with Crippen LogP contribution in [-0.4, -0.2) is 39.3 Å². The maximum absolute atomic E-state index is 12.7. The van der Waals surface area contributed by atoms with E-state index in [4.69, 9.17) is 11.6 Å². The van der Waals surface area contributed by atoms with E-state index in [1.54, 1.807) is 0 Å². The number of rotatable bonds is 5. The largest absolute Gasteiger partial charge is 0.351 e. The molecule has 1 aliphatic rings. The van der Waals surface area contributed by atoms with E-state index >= 15 is 0 Å². The molecule has 3 rings (SSSR count). The van der Waals surface area contributed by atoms with E-state index in [0.717, 1.165) is 23.6 Å². The zero-order chi connectivity index (χ0) is 19.6. The van der Waals surface area contributed by atoms with Crippen molar-refractivity contribution in [1.82, 2.24) is 9.62 Å². The van der Waals surface area contributed by atoms with Crippen LogP contribution in [0.3, 0.4) is 0 Å². The second-order valence-corrected chi connectivity index (χ2v) is 9.49. The highest BCUT2D eigenvalue weighted by molar-refractivity contribution is 7.89. The summed E-state index contributed by atoms with van der Waals surface area (Å²) in [6.07, 6.45) is 3.17. The minimum atomic E-state index is -3.63. The number of halogens is 1. The number of carbonyl (C=O) groups excluding carboxylic acids is 1. The van der Waals surface area contributed by atoms with Crippen LogP contribution in [-0.2, 0) is 16.4 Å². The maximum atomic E-state index is 12.7. The number of carbonyl (C=O) groups is 1. The Kier molecular flexibility index (Phi) is 5.89. The first-order chi connectivity index (χ1) is 12.8. The number of benzene rings is 2. The van der Waals surface area contributed by atoms with Gasteiger partial charge in [-0.25, -0.2) is 12.7 Å². The molecule has 2 aromatic carbocycles. The summed E-state index contributed by atoms with van der Waals surface area (Å²) in [6, 6.07) is 12.5. The molecule has 7 heteroatoms. The molecule has 5 nitrogen and oxygen atoms in total. The molecule has 0 aromatic heterocycles. The molecule has 1 amide bonds. The second-order valence-electron chi connectivity index (χ2n) is 6.93. The fourth-order valence-electron chi connectivity index (χ4n) is 3.43. The SMILES string of the molecule is CN(C)S(=O)(=O)c1ccc(Cl)c(C(=O)NC[C@@H]2CCCc3ccccc32)c1. The number of fused-ring (bicyclic) bond motifs is 1. The van der Waals surface area contributed by atoms with Crippen molar-refractivity contribution in [2.75, 3.05) is 20.6 Å². The topological polar surface area (TPSA) is 66.5 Å². The van der Waals surface area contributed by atoms with Gasteiger partial charge in [0, 0.05) is 26.6 Å². The molecule has 2 aromatic rings. The van der Waals surface area contributed by atoms with Gasteiger partial charge in [-0.3, -0.25) is 4.79 Å². The summed E-state index contributed by atoms with van der Waals surface area (Å²) in [5.41, 5.74) is 2.78. The van der Waals surface area contributed by atoms with E-state index in [9.17, 15) is 13.2 Å². The summed E-state index contributed by atoms with van der Waals surface area (Å²) >= 11 is 6.15. The van der Waals surface area contributed by atoms with Gasteiger partial charge in [-0.15, -0.1) is 0 Å². The molecule has 1 aliphatic carbocycles. The number of hydrogen-bond donors (Lipinski definition) is 1. The Morgan fingerprint density at radius 3 is 2.70 bits per heavy atom. The van der Waals surface area contributed by atoms with Gasteiger partial charge in [0.05, 0.1) is 15.5 Å². The van der Waals surface area contributed by atoms with E-state index in [2.05, 4.69) is 17.4 Å². The Labute approximate surface area is 165 Å². The Hall–Kier alpha value is -1.89. The van der Waals surface area contributed by atoms with Gasteiger partial charge in [-0.2, -0.15) is 0 Å². The molecule has 1 atom stereocenters. The Morgan fingerprint density at radius 2 is 1.96 bits per heavy atom. The zero-order valence-corrected chi connectivity index (χ0v) is 17.0. The molecular weight excluding hydrogens is 384 g/mol. The molecule has 0 aliphatic heterocycles. The van der Waals surface area contributed by atoms with Gasteiger partial charge < -0.3 is 5.32 Å². The summed E-state index contributed by atoms with van der Waals surface area (Å²) in [5, 5.41) is 3.16. The lowest BCUT2D eigenvalue weighted by molar-refractivity contribution is 0.0950. The van der Waals surface area contributed by atoms with Gasteiger partial charge in [0.1, 0.15) is 0 Å². The Morgan fingerprint density at radius 1 is 1.22 bits per heavy atom. The van der Waals surface area contributed by atoms with Crippen molar-refractivity contribution in [2.45, 2.75) is 30.1 Å². The van der Waals surface area contributed by atoms with Crippen molar-refractivity contribution in [3.8, 4) is 0 Å². The Bertz CT molecular complexity index is 957. The lowest BCUT2D eigenvalue weighted by atomic mass is 9.83. The molecule has 27 heavy (non-hydrogen) atoms. The highest BCUT2D eigenvalue weighted by Gasteiger charge is 2.23. The van der Waals surface area contributed by atoms with Gasteiger partial charge in [0.25, 0.3) is 5.91 Å². The van der Waals surface area contributed by atoms with Gasteiger partial charge >= 0.3 is 0 Å². The number of amides is 1. The predicted octanol–water partition coefficient (Wildman–Crippen LogP) is 3.44. The lowest BCUT2D eigenvalue weighted by Crippen LogP contribution is -2.30. The molecule has 0 saturated carbocycles. The van der Waals surface area contributed by atoms with Crippen molar-refractivity contribution in [3.05, 3.63) is 64.2 Å². The fraction of sp³-hybridized carbons (Fsp3) is 0.350. The Balaban J connectivity index is 1.78. The molecule has 1 N–H and O–H groups in total. The average molecular weight is 407 g/mol. The molecular formula is C20H23ClN2O3S. The average Bonchev–Trinajstić information content (AvgIpc) is 2.66. The number of hydrogen-bond acceptors (Lipinski definition) is 3. The smallest absolute Gasteiger partial charge is 0.252 e. The zero-order valence-electron chi connectivity index (χ0n) is 15.4. The molecule has 144 valence electrons. The van der Waals surface area contributed by atoms with E-state index < -0.39 is 10.0 Å². The fourth-order valence-corrected chi connectivity index (χ4v) is 4.56. The molecule has 0 fully saturated rings. The number of sulfonamides is 1. The van der Waals surface area contributed by atoms with Crippen LogP contribution >= 0.6 is 11.6 Å². The summed E-state index contributed by atoms with van der Waals surface area (Å²) in [7, 11) is -0.733. The van der Waals surface area contributed by atoms with Crippen LogP contribution < -0.4 is 5.32 Å². The monoisotopic (exact) mass is 406 g/mol. The van der Waals surface area contributed by atoms with Gasteiger partial charge in [-0.05, 0) is 48.6 Å². The van der Waals surface area contributed by atoms with E-state index in [1.165, 1.54) is 43.4 Å². The van der Waals surface area contributed by atoms with Crippen LogP contribution in [0.25, 0.3) is 0 Å². The number of aryl methyl sites for hydroxylation is 1. The van der Waals surface area contributed by atoms with Gasteiger partial charge in [0.2, 0.25) is 10.0 Å². The van der Waals surface area contributed by atoms with Crippen LogP contribution in [0.4, 0.5) is 0 Å². The van der Waals surface area contributed by atoms with Crippen LogP contribution in [0.5, 0.6) is 0 Å². The van der Waals surface area contributed by atoms with E-state index in [-0.39, 0.29) is 27.3 Å². The molecule has 0 bridgehead atoms. The van der Waals surface area contributed by atoms with Crippen molar-refractivity contribution < 1.29 is 13.2 Å².